The van der Waals surface area contributed by atoms with Gasteiger partial charge in [0.1, 0.15) is 5.60 Å². The van der Waals surface area contributed by atoms with Crippen LogP contribution >= 0.6 is 0 Å². The number of unbranched alkanes of at least 4 members (excludes halogenated alkanes) is 1. The topological polar surface area (TPSA) is 62.6 Å². The Morgan fingerprint density at radius 1 is 1.33 bits per heavy atom. The van der Waals surface area contributed by atoms with Gasteiger partial charge in [-0.2, -0.15) is 5.26 Å². The normalized spacial score (nSPS) is 18.1. The molecule has 5 heteroatoms. The summed E-state index contributed by atoms with van der Waals surface area (Å²) in [4.78, 5) is 13.7. The summed E-state index contributed by atoms with van der Waals surface area (Å²) in [6.45, 7) is 9.96. The molecule has 21 heavy (non-hydrogen) atoms. The predicted molar refractivity (Wildman–Crippen MR) is 80.8 cm³/mol. The van der Waals surface area contributed by atoms with Gasteiger partial charge in [0.2, 0.25) is 0 Å². The van der Waals surface area contributed by atoms with Gasteiger partial charge in [0.25, 0.3) is 0 Å². The molecule has 1 amide bonds. The molecule has 1 aliphatic heterocycles. The number of ether oxygens (including phenoxy) is 2. The minimum absolute atomic E-state index is 0.291. The largest absolute Gasteiger partial charge is 0.444 e. The highest BCUT2D eigenvalue weighted by Crippen LogP contribution is 2.31. The van der Waals surface area contributed by atoms with Gasteiger partial charge < -0.3 is 14.4 Å². The fourth-order valence-electron chi connectivity index (χ4n) is 2.25. The van der Waals surface area contributed by atoms with E-state index in [1.165, 1.54) is 0 Å². The van der Waals surface area contributed by atoms with Crippen LogP contribution in [0.2, 0.25) is 0 Å². The molecule has 0 saturated carbocycles. The van der Waals surface area contributed by atoms with Gasteiger partial charge in [-0.3, -0.25) is 0 Å². The Balaban J connectivity index is 2.45. The first-order valence-electron chi connectivity index (χ1n) is 7.79. The standard InChI is InChI=1S/C16H28N2O3/c1-5-6-11-20-13-16(12-17)7-9-18(10-8-16)14(19)21-15(2,3)4/h5-11,13H2,1-4H3. The van der Waals surface area contributed by atoms with E-state index in [-0.39, 0.29) is 6.09 Å². The van der Waals surface area contributed by atoms with Crippen molar-refractivity contribution in [1.82, 2.24) is 4.90 Å². The molecular weight excluding hydrogens is 268 g/mol. The zero-order valence-electron chi connectivity index (χ0n) is 13.8. The molecule has 0 N–H and O–H groups in total. The van der Waals surface area contributed by atoms with Crippen LogP contribution in [0.15, 0.2) is 0 Å². The second kappa shape index (κ2) is 7.65. The van der Waals surface area contributed by atoms with Crippen LogP contribution in [0.25, 0.3) is 0 Å². The molecule has 1 aliphatic rings. The molecule has 1 fully saturated rings. The van der Waals surface area contributed by atoms with Crippen LogP contribution in [0.3, 0.4) is 0 Å². The van der Waals surface area contributed by atoms with E-state index in [1.807, 2.05) is 20.8 Å². The van der Waals surface area contributed by atoms with Crippen LogP contribution < -0.4 is 0 Å². The molecule has 0 unspecified atom stereocenters. The van der Waals surface area contributed by atoms with Crippen molar-refractivity contribution < 1.29 is 14.3 Å². The van der Waals surface area contributed by atoms with Gasteiger partial charge >= 0.3 is 6.09 Å². The van der Waals surface area contributed by atoms with Crippen molar-refractivity contribution in [2.75, 3.05) is 26.3 Å². The summed E-state index contributed by atoms with van der Waals surface area (Å²) in [5.41, 5.74) is -0.934. The molecule has 120 valence electrons. The number of nitriles is 1. The quantitative estimate of drug-likeness (QED) is 0.730. The maximum Gasteiger partial charge on any atom is 0.410 e. The molecule has 0 bridgehead atoms. The van der Waals surface area contributed by atoms with Gasteiger partial charge in [-0.15, -0.1) is 0 Å². The van der Waals surface area contributed by atoms with Crippen LogP contribution in [-0.2, 0) is 9.47 Å². The van der Waals surface area contributed by atoms with E-state index in [4.69, 9.17) is 9.47 Å². The summed E-state index contributed by atoms with van der Waals surface area (Å²) >= 11 is 0. The van der Waals surface area contributed by atoms with E-state index >= 15 is 0 Å². The van der Waals surface area contributed by atoms with Crippen molar-refractivity contribution in [2.45, 2.75) is 59.0 Å². The Morgan fingerprint density at radius 3 is 2.43 bits per heavy atom. The molecule has 0 atom stereocenters. The van der Waals surface area contributed by atoms with E-state index in [1.54, 1.807) is 4.90 Å². The van der Waals surface area contributed by atoms with Crippen molar-refractivity contribution in [3.05, 3.63) is 0 Å². The number of likely N-dealkylation sites (tertiary alicyclic amines) is 1. The maximum absolute atomic E-state index is 12.0. The highest BCUT2D eigenvalue weighted by molar-refractivity contribution is 5.68. The Kier molecular flexibility index (Phi) is 6.47. The molecule has 0 aromatic heterocycles. The third kappa shape index (κ3) is 5.92. The summed E-state index contributed by atoms with van der Waals surface area (Å²) in [5, 5.41) is 9.44. The second-order valence-electron chi connectivity index (χ2n) is 6.77. The summed E-state index contributed by atoms with van der Waals surface area (Å²) in [7, 11) is 0. The third-order valence-corrected chi connectivity index (χ3v) is 3.63. The van der Waals surface area contributed by atoms with Gasteiger partial charge in [-0.05, 0) is 40.0 Å². The number of carbonyl (C=O) groups excluding carboxylic acids is 1. The van der Waals surface area contributed by atoms with Crippen LogP contribution in [0.4, 0.5) is 4.79 Å². The monoisotopic (exact) mass is 296 g/mol. The van der Waals surface area contributed by atoms with Crippen LogP contribution in [0.1, 0.15) is 53.4 Å². The molecule has 1 rings (SSSR count). The van der Waals surface area contributed by atoms with Crippen LogP contribution in [0, 0.1) is 16.7 Å². The van der Waals surface area contributed by atoms with Gasteiger partial charge in [-0.25, -0.2) is 4.79 Å². The maximum atomic E-state index is 12.0. The van der Waals surface area contributed by atoms with Crippen molar-refractivity contribution in [1.29, 1.82) is 5.26 Å². The van der Waals surface area contributed by atoms with E-state index in [2.05, 4.69) is 13.0 Å². The van der Waals surface area contributed by atoms with E-state index in [9.17, 15) is 10.1 Å². The number of piperidine rings is 1. The highest BCUT2D eigenvalue weighted by Gasteiger charge is 2.37. The molecule has 1 saturated heterocycles. The number of hydrogen-bond donors (Lipinski definition) is 0. The number of carbonyl (C=O) groups is 1. The first-order chi connectivity index (χ1) is 9.82. The molecule has 5 nitrogen and oxygen atoms in total. The summed E-state index contributed by atoms with van der Waals surface area (Å²) in [6, 6.07) is 2.40. The summed E-state index contributed by atoms with van der Waals surface area (Å²) in [5.74, 6) is 0. The van der Waals surface area contributed by atoms with Gasteiger partial charge in [0, 0.05) is 19.7 Å². The van der Waals surface area contributed by atoms with Crippen molar-refractivity contribution in [2.24, 2.45) is 5.41 Å². The molecular formula is C16H28N2O3. The van der Waals surface area contributed by atoms with Crippen molar-refractivity contribution >= 4 is 6.09 Å². The zero-order chi connectivity index (χ0) is 15.9. The Hall–Kier alpha value is -1.28. The minimum Gasteiger partial charge on any atom is -0.444 e. The summed E-state index contributed by atoms with van der Waals surface area (Å²) < 4.78 is 11.0. The van der Waals surface area contributed by atoms with E-state index < -0.39 is 11.0 Å². The molecule has 0 aromatic carbocycles. The van der Waals surface area contributed by atoms with Crippen molar-refractivity contribution in [3.8, 4) is 6.07 Å². The first kappa shape index (κ1) is 17.8. The number of nitrogens with zero attached hydrogens (tertiary/aromatic N) is 2. The number of rotatable bonds is 5. The highest BCUT2D eigenvalue weighted by atomic mass is 16.6. The Labute approximate surface area is 128 Å². The van der Waals surface area contributed by atoms with Gasteiger partial charge in [0.05, 0.1) is 18.1 Å². The van der Waals surface area contributed by atoms with Crippen LogP contribution in [0.5, 0.6) is 0 Å². The Bertz CT molecular complexity index is 374. The zero-order valence-corrected chi connectivity index (χ0v) is 13.8. The van der Waals surface area contributed by atoms with Gasteiger partial charge in [0.15, 0.2) is 0 Å². The summed E-state index contributed by atoms with van der Waals surface area (Å²) in [6.07, 6.45) is 3.11. The lowest BCUT2D eigenvalue weighted by Gasteiger charge is -2.37. The van der Waals surface area contributed by atoms with Crippen molar-refractivity contribution in [3.63, 3.8) is 0 Å². The molecule has 0 aromatic rings. The average Bonchev–Trinajstić information content (AvgIpc) is 2.42. The second-order valence-corrected chi connectivity index (χ2v) is 6.77. The fourth-order valence-corrected chi connectivity index (χ4v) is 2.25. The first-order valence-corrected chi connectivity index (χ1v) is 7.79. The lowest BCUT2D eigenvalue weighted by Crippen LogP contribution is -2.46. The average molecular weight is 296 g/mol. The Morgan fingerprint density at radius 2 is 1.95 bits per heavy atom. The van der Waals surface area contributed by atoms with E-state index in [0.29, 0.717) is 39.1 Å². The molecule has 1 heterocycles. The third-order valence-electron chi connectivity index (χ3n) is 3.63. The smallest absolute Gasteiger partial charge is 0.410 e. The predicted octanol–water partition coefficient (Wildman–Crippen LogP) is 3.34. The lowest BCUT2D eigenvalue weighted by molar-refractivity contribution is 0.000224. The molecule has 0 aliphatic carbocycles. The SMILES string of the molecule is CCCCOCC1(C#N)CCN(C(=O)OC(C)(C)C)CC1. The molecule has 0 radical (unpaired) electrons. The molecule has 0 spiro atoms. The van der Waals surface area contributed by atoms with Gasteiger partial charge in [-0.1, -0.05) is 13.3 Å². The fraction of sp³-hybridized carbons (Fsp3) is 0.875. The lowest BCUT2D eigenvalue weighted by atomic mass is 9.80. The van der Waals surface area contributed by atoms with Crippen LogP contribution in [-0.4, -0.2) is 42.9 Å². The number of hydrogen-bond acceptors (Lipinski definition) is 4. The number of amides is 1. The minimum atomic E-state index is -0.482. The van der Waals surface area contributed by atoms with E-state index in [0.717, 1.165) is 12.8 Å².